The third-order valence-electron chi connectivity index (χ3n) is 6.41. The Morgan fingerprint density at radius 2 is 1.72 bits per heavy atom. The van der Waals surface area contributed by atoms with Crippen LogP contribution in [0.3, 0.4) is 0 Å². The highest BCUT2D eigenvalue weighted by atomic mass is 16.3. The molecule has 1 aromatic heterocycles. The van der Waals surface area contributed by atoms with Gasteiger partial charge in [0.05, 0.1) is 11.3 Å². The third-order valence-corrected chi connectivity index (χ3v) is 6.41. The number of aliphatic hydroxyl groups excluding tert-OH is 1. The van der Waals surface area contributed by atoms with E-state index in [0.717, 1.165) is 24.8 Å². The molecular weight excluding hydrogens is 400 g/mol. The summed E-state index contributed by atoms with van der Waals surface area (Å²) in [6.07, 6.45) is 5.90. The number of pyridine rings is 1. The second kappa shape index (κ2) is 8.08. The summed E-state index contributed by atoms with van der Waals surface area (Å²) in [6, 6.07) is 17.8. The van der Waals surface area contributed by atoms with Crippen molar-refractivity contribution in [3.63, 3.8) is 0 Å². The van der Waals surface area contributed by atoms with Crippen LogP contribution in [-0.2, 0) is 22.4 Å². The lowest BCUT2D eigenvalue weighted by Gasteiger charge is -2.26. The van der Waals surface area contributed by atoms with Crippen molar-refractivity contribution in [2.45, 2.75) is 38.6 Å². The van der Waals surface area contributed by atoms with Crippen LogP contribution in [0.4, 0.5) is 5.69 Å². The Balaban J connectivity index is 1.70. The first-order valence-electron chi connectivity index (χ1n) is 11.0. The Morgan fingerprint density at radius 3 is 2.47 bits per heavy atom. The highest BCUT2D eigenvalue weighted by Gasteiger charge is 2.48. The van der Waals surface area contributed by atoms with Crippen molar-refractivity contribution in [2.75, 3.05) is 4.90 Å². The molecule has 5 nitrogen and oxygen atoms in total. The molecule has 3 aromatic rings. The molecule has 1 N–H and O–H groups in total. The first kappa shape index (κ1) is 20.2. The average Bonchev–Trinajstić information content (AvgIpc) is 3.09. The number of anilines is 1. The van der Waals surface area contributed by atoms with Crippen molar-refractivity contribution < 1.29 is 14.7 Å². The van der Waals surface area contributed by atoms with E-state index in [1.807, 2.05) is 55.5 Å². The standard InChI is InChI=1S/C27H24N2O3/c1-17-8-2-5-12-22(17)29-24(21-11-6-7-15-28-21)23(26(31)27(29)32)25(30)20-14-13-18-9-3-4-10-19(18)16-20/h2,5-8,11-16,24,30H,3-4,9-10H2,1H3/b25-23-. The summed E-state index contributed by atoms with van der Waals surface area (Å²) in [5, 5.41) is 11.3. The van der Waals surface area contributed by atoms with Gasteiger partial charge < -0.3 is 5.11 Å². The van der Waals surface area contributed by atoms with E-state index in [-0.39, 0.29) is 11.3 Å². The van der Waals surface area contributed by atoms with E-state index in [4.69, 9.17) is 0 Å². The normalized spacial score (nSPS) is 19.8. The number of carbonyl (C=O) groups is 2. The number of fused-ring (bicyclic) bond motifs is 1. The predicted molar refractivity (Wildman–Crippen MR) is 123 cm³/mol. The fourth-order valence-electron chi connectivity index (χ4n) is 4.77. The van der Waals surface area contributed by atoms with Crippen LogP contribution in [0.25, 0.3) is 5.76 Å². The van der Waals surface area contributed by atoms with Crippen LogP contribution in [0.2, 0.25) is 0 Å². The zero-order valence-electron chi connectivity index (χ0n) is 17.9. The van der Waals surface area contributed by atoms with Crippen molar-refractivity contribution in [3.05, 3.63) is 100 Å². The summed E-state index contributed by atoms with van der Waals surface area (Å²) in [4.78, 5) is 32.4. The summed E-state index contributed by atoms with van der Waals surface area (Å²) in [5.74, 6) is -1.50. The minimum absolute atomic E-state index is 0.0766. The number of aliphatic hydroxyl groups is 1. The van der Waals surface area contributed by atoms with Crippen LogP contribution in [-0.4, -0.2) is 21.8 Å². The summed E-state index contributed by atoms with van der Waals surface area (Å²) < 4.78 is 0. The summed E-state index contributed by atoms with van der Waals surface area (Å²) in [6.45, 7) is 1.90. The molecule has 0 spiro atoms. The fourth-order valence-corrected chi connectivity index (χ4v) is 4.77. The number of Topliss-reactive ketones (excluding diaryl/α,β-unsaturated/α-hetero) is 1. The molecule has 160 valence electrons. The molecule has 0 saturated carbocycles. The van der Waals surface area contributed by atoms with Gasteiger partial charge >= 0.3 is 0 Å². The van der Waals surface area contributed by atoms with E-state index in [2.05, 4.69) is 4.98 Å². The largest absolute Gasteiger partial charge is 0.507 e. The Hall–Kier alpha value is -3.73. The molecule has 0 radical (unpaired) electrons. The second-order valence-corrected chi connectivity index (χ2v) is 8.40. The minimum atomic E-state index is -0.798. The molecule has 1 amide bonds. The van der Waals surface area contributed by atoms with Gasteiger partial charge in [0.2, 0.25) is 0 Å². The number of ketones is 1. The molecule has 1 aliphatic heterocycles. The molecule has 1 atom stereocenters. The quantitative estimate of drug-likeness (QED) is 0.369. The van der Waals surface area contributed by atoms with Crippen LogP contribution in [0.1, 0.15) is 46.8 Å². The summed E-state index contributed by atoms with van der Waals surface area (Å²) in [5.41, 5.74) is 5.16. The van der Waals surface area contributed by atoms with Crippen LogP contribution >= 0.6 is 0 Å². The van der Waals surface area contributed by atoms with E-state index >= 15 is 0 Å². The molecule has 0 bridgehead atoms. The molecular formula is C27H24N2O3. The average molecular weight is 425 g/mol. The number of aromatic nitrogens is 1. The Morgan fingerprint density at radius 1 is 0.969 bits per heavy atom. The summed E-state index contributed by atoms with van der Waals surface area (Å²) >= 11 is 0. The molecule has 5 heteroatoms. The van der Waals surface area contributed by atoms with Crippen LogP contribution < -0.4 is 4.90 Å². The monoisotopic (exact) mass is 424 g/mol. The zero-order chi connectivity index (χ0) is 22.2. The van der Waals surface area contributed by atoms with E-state index in [1.165, 1.54) is 22.4 Å². The van der Waals surface area contributed by atoms with Gasteiger partial charge in [-0.3, -0.25) is 19.5 Å². The van der Waals surface area contributed by atoms with Gasteiger partial charge in [0.1, 0.15) is 11.8 Å². The lowest BCUT2D eigenvalue weighted by molar-refractivity contribution is -0.132. The van der Waals surface area contributed by atoms with Gasteiger partial charge in [0.15, 0.2) is 0 Å². The molecule has 1 unspecified atom stereocenters. The Labute approximate surface area is 187 Å². The first-order chi connectivity index (χ1) is 15.6. The number of nitrogens with zero attached hydrogens (tertiary/aromatic N) is 2. The van der Waals surface area contributed by atoms with Gasteiger partial charge in [-0.2, -0.15) is 0 Å². The van der Waals surface area contributed by atoms with E-state index in [1.54, 1.807) is 18.3 Å². The van der Waals surface area contributed by atoms with Gasteiger partial charge in [-0.1, -0.05) is 36.4 Å². The molecule has 32 heavy (non-hydrogen) atoms. The van der Waals surface area contributed by atoms with Crippen molar-refractivity contribution in [1.82, 2.24) is 4.98 Å². The van der Waals surface area contributed by atoms with E-state index in [9.17, 15) is 14.7 Å². The van der Waals surface area contributed by atoms with Crippen LogP contribution in [0.5, 0.6) is 0 Å². The predicted octanol–water partition coefficient (Wildman–Crippen LogP) is 4.90. The van der Waals surface area contributed by atoms with Crippen molar-refractivity contribution in [3.8, 4) is 0 Å². The molecule has 2 heterocycles. The Kier molecular flexibility index (Phi) is 5.10. The van der Waals surface area contributed by atoms with Gasteiger partial charge in [0.25, 0.3) is 11.7 Å². The molecule has 1 saturated heterocycles. The molecule has 1 fully saturated rings. The van der Waals surface area contributed by atoms with Gasteiger partial charge in [-0.25, -0.2) is 0 Å². The third kappa shape index (κ3) is 3.30. The van der Waals surface area contributed by atoms with Crippen LogP contribution in [0.15, 0.2) is 72.4 Å². The highest BCUT2D eigenvalue weighted by molar-refractivity contribution is 6.51. The smallest absolute Gasteiger partial charge is 0.300 e. The first-order valence-corrected chi connectivity index (χ1v) is 11.0. The maximum absolute atomic E-state index is 13.3. The van der Waals surface area contributed by atoms with Gasteiger partial charge in [-0.05, 0) is 73.6 Å². The molecule has 2 aliphatic rings. The van der Waals surface area contributed by atoms with E-state index < -0.39 is 17.7 Å². The number of rotatable bonds is 3. The topological polar surface area (TPSA) is 70.5 Å². The van der Waals surface area contributed by atoms with Crippen LogP contribution in [0, 0.1) is 6.92 Å². The maximum Gasteiger partial charge on any atom is 0.300 e. The number of aryl methyl sites for hydroxylation is 3. The zero-order valence-corrected chi connectivity index (χ0v) is 17.9. The number of hydrogen-bond acceptors (Lipinski definition) is 4. The van der Waals surface area contributed by atoms with Gasteiger partial charge in [-0.15, -0.1) is 0 Å². The Bertz CT molecular complexity index is 1250. The molecule has 2 aromatic carbocycles. The van der Waals surface area contributed by atoms with Gasteiger partial charge in [0, 0.05) is 17.4 Å². The number of hydrogen-bond donors (Lipinski definition) is 1. The lowest BCUT2D eigenvalue weighted by Crippen LogP contribution is -2.30. The SMILES string of the molecule is Cc1ccccc1N1C(=O)C(=O)/C(=C(\O)c2ccc3c(c2)CCCC3)C1c1ccccn1. The van der Waals surface area contributed by atoms with Crippen molar-refractivity contribution in [2.24, 2.45) is 0 Å². The number of carbonyl (C=O) groups excluding carboxylic acids is 2. The lowest BCUT2D eigenvalue weighted by atomic mass is 9.89. The molecule has 1 aliphatic carbocycles. The summed E-state index contributed by atoms with van der Waals surface area (Å²) in [7, 11) is 0. The van der Waals surface area contributed by atoms with E-state index in [0.29, 0.717) is 16.9 Å². The van der Waals surface area contributed by atoms with Crippen molar-refractivity contribution >= 4 is 23.1 Å². The fraction of sp³-hybridized carbons (Fsp3) is 0.222. The minimum Gasteiger partial charge on any atom is -0.507 e. The molecule has 5 rings (SSSR count). The van der Waals surface area contributed by atoms with Crippen molar-refractivity contribution in [1.29, 1.82) is 0 Å². The second-order valence-electron chi connectivity index (χ2n) is 8.40. The number of para-hydroxylation sites is 1. The highest BCUT2D eigenvalue weighted by Crippen LogP contribution is 2.42. The number of benzene rings is 2. The maximum atomic E-state index is 13.3. The number of amides is 1.